The summed E-state index contributed by atoms with van der Waals surface area (Å²) in [6.07, 6.45) is 0.820. The van der Waals surface area contributed by atoms with Crippen LogP contribution in [0, 0.1) is 0 Å². The standard InChI is InChI=1S/C15H16ClN3O4S/c1-2-7-17-12(20)8-22-13(21)9-24-15-19-18-14(23-15)10-5-3-4-6-11(10)16/h3-6H,2,7-9H2,1H3,(H,17,20). The van der Waals surface area contributed by atoms with Gasteiger partial charge in [-0.1, -0.05) is 42.4 Å². The van der Waals surface area contributed by atoms with E-state index in [0.29, 0.717) is 17.1 Å². The van der Waals surface area contributed by atoms with Gasteiger partial charge in [-0.25, -0.2) is 0 Å². The van der Waals surface area contributed by atoms with Gasteiger partial charge in [-0.3, -0.25) is 9.59 Å². The highest BCUT2D eigenvalue weighted by Gasteiger charge is 2.14. The predicted octanol–water partition coefficient (Wildman–Crippen LogP) is 2.55. The smallest absolute Gasteiger partial charge is 0.316 e. The van der Waals surface area contributed by atoms with Crippen LogP contribution in [0.25, 0.3) is 11.5 Å². The van der Waals surface area contributed by atoms with E-state index in [0.717, 1.165) is 18.2 Å². The van der Waals surface area contributed by atoms with Crippen molar-refractivity contribution >= 4 is 35.2 Å². The molecule has 0 radical (unpaired) electrons. The minimum atomic E-state index is -0.538. The summed E-state index contributed by atoms with van der Waals surface area (Å²) in [6, 6.07) is 7.08. The number of nitrogens with zero attached hydrogens (tertiary/aromatic N) is 2. The van der Waals surface area contributed by atoms with E-state index in [1.807, 2.05) is 6.92 Å². The zero-order chi connectivity index (χ0) is 17.4. The Morgan fingerprint density at radius 2 is 2.12 bits per heavy atom. The Bertz CT molecular complexity index is 708. The van der Waals surface area contributed by atoms with Crippen LogP contribution in [-0.2, 0) is 14.3 Å². The van der Waals surface area contributed by atoms with E-state index >= 15 is 0 Å². The maximum atomic E-state index is 11.6. The number of ether oxygens (including phenoxy) is 1. The van der Waals surface area contributed by atoms with Crippen molar-refractivity contribution in [2.45, 2.75) is 18.6 Å². The number of hydrogen-bond donors (Lipinski definition) is 1. The molecular weight excluding hydrogens is 354 g/mol. The fourth-order valence-corrected chi connectivity index (χ4v) is 2.41. The van der Waals surface area contributed by atoms with Crippen molar-refractivity contribution in [3.63, 3.8) is 0 Å². The summed E-state index contributed by atoms with van der Waals surface area (Å²) in [5, 5.41) is 11.1. The van der Waals surface area contributed by atoms with Gasteiger partial charge in [-0.05, 0) is 18.6 Å². The summed E-state index contributed by atoms with van der Waals surface area (Å²) >= 11 is 7.09. The maximum Gasteiger partial charge on any atom is 0.316 e. The molecule has 9 heteroatoms. The molecule has 0 saturated carbocycles. The number of aromatic nitrogens is 2. The number of carbonyl (C=O) groups is 2. The minimum absolute atomic E-state index is 0.0365. The molecule has 0 saturated heterocycles. The summed E-state index contributed by atoms with van der Waals surface area (Å²) in [5.41, 5.74) is 0.619. The van der Waals surface area contributed by atoms with Crippen molar-refractivity contribution in [2.24, 2.45) is 0 Å². The quantitative estimate of drug-likeness (QED) is 0.564. The molecule has 0 spiro atoms. The molecular formula is C15H16ClN3O4S. The molecule has 0 unspecified atom stereocenters. The summed E-state index contributed by atoms with van der Waals surface area (Å²) < 4.78 is 10.3. The Hall–Kier alpha value is -2.06. The predicted molar refractivity (Wildman–Crippen MR) is 89.7 cm³/mol. The van der Waals surface area contributed by atoms with Gasteiger partial charge in [0.25, 0.3) is 11.1 Å². The molecule has 7 nitrogen and oxygen atoms in total. The van der Waals surface area contributed by atoms with Crippen LogP contribution < -0.4 is 5.32 Å². The van der Waals surface area contributed by atoms with Crippen molar-refractivity contribution < 1.29 is 18.7 Å². The largest absolute Gasteiger partial charge is 0.455 e. The van der Waals surface area contributed by atoms with Crippen LogP contribution in [0.1, 0.15) is 13.3 Å². The molecule has 0 fully saturated rings. The molecule has 1 aromatic heterocycles. The number of esters is 1. The van der Waals surface area contributed by atoms with E-state index in [1.54, 1.807) is 24.3 Å². The van der Waals surface area contributed by atoms with Crippen LogP contribution in [0.3, 0.4) is 0 Å². The van der Waals surface area contributed by atoms with Crippen LogP contribution >= 0.6 is 23.4 Å². The second kappa shape index (κ2) is 9.29. The third kappa shape index (κ3) is 5.54. The van der Waals surface area contributed by atoms with Crippen LogP contribution in [0.4, 0.5) is 0 Å². The Labute approximate surface area is 148 Å². The molecule has 128 valence electrons. The fourth-order valence-electron chi connectivity index (χ4n) is 1.64. The lowest BCUT2D eigenvalue weighted by Crippen LogP contribution is -2.29. The van der Waals surface area contributed by atoms with E-state index in [2.05, 4.69) is 15.5 Å². The number of benzene rings is 1. The van der Waals surface area contributed by atoms with E-state index < -0.39 is 5.97 Å². The van der Waals surface area contributed by atoms with E-state index in [-0.39, 0.29) is 29.4 Å². The molecule has 1 N–H and O–H groups in total. The second-order valence-corrected chi connectivity index (χ2v) is 5.99. The topological polar surface area (TPSA) is 94.3 Å². The third-order valence-electron chi connectivity index (χ3n) is 2.76. The van der Waals surface area contributed by atoms with Gasteiger partial charge in [0.2, 0.25) is 5.89 Å². The number of hydrogen-bond acceptors (Lipinski definition) is 7. The van der Waals surface area contributed by atoms with Crippen molar-refractivity contribution in [1.29, 1.82) is 0 Å². The Balaban J connectivity index is 1.80. The molecule has 1 aromatic carbocycles. The molecule has 0 aliphatic rings. The zero-order valence-electron chi connectivity index (χ0n) is 13.0. The second-order valence-electron chi connectivity index (χ2n) is 4.65. The molecule has 24 heavy (non-hydrogen) atoms. The molecule has 0 aliphatic heterocycles. The van der Waals surface area contributed by atoms with Gasteiger partial charge in [-0.2, -0.15) is 0 Å². The number of halogens is 1. The lowest BCUT2D eigenvalue weighted by atomic mass is 10.2. The van der Waals surface area contributed by atoms with Crippen LogP contribution in [0.5, 0.6) is 0 Å². The third-order valence-corrected chi connectivity index (χ3v) is 3.88. The summed E-state index contributed by atoms with van der Waals surface area (Å²) in [6.45, 7) is 2.19. The Morgan fingerprint density at radius 1 is 1.33 bits per heavy atom. The first-order valence-corrected chi connectivity index (χ1v) is 8.60. The molecule has 2 aromatic rings. The van der Waals surface area contributed by atoms with E-state index in [4.69, 9.17) is 20.8 Å². The van der Waals surface area contributed by atoms with Gasteiger partial charge in [0.15, 0.2) is 6.61 Å². The highest BCUT2D eigenvalue weighted by atomic mass is 35.5. The number of amides is 1. The van der Waals surface area contributed by atoms with Crippen molar-refractivity contribution in [3.05, 3.63) is 29.3 Å². The first-order valence-electron chi connectivity index (χ1n) is 7.23. The minimum Gasteiger partial charge on any atom is -0.455 e. The molecule has 0 atom stereocenters. The summed E-state index contributed by atoms with van der Waals surface area (Å²) in [5.74, 6) is -0.626. The maximum absolute atomic E-state index is 11.6. The molecule has 0 bridgehead atoms. The first kappa shape index (κ1) is 18.3. The van der Waals surface area contributed by atoms with Gasteiger partial charge in [0, 0.05) is 6.54 Å². The van der Waals surface area contributed by atoms with Gasteiger partial charge in [0.05, 0.1) is 10.6 Å². The van der Waals surface area contributed by atoms with Gasteiger partial charge in [0.1, 0.15) is 5.75 Å². The average Bonchev–Trinajstić information content (AvgIpc) is 3.05. The van der Waals surface area contributed by atoms with Gasteiger partial charge >= 0.3 is 5.97 Å². The van der Waals surface area contributed by atoms with Crippen molar-refractivity contribution in [2.75, 3.05) is 18.9 Å². The molecule has 2 rings (SSSR count). The lowest BCUT2D eigenvalue weighted by Gasteiger charge is -2.04. The first-order chi connectivity index (χ1) is 11.6. The number of carbonyl (C=O) groups excluding carboxylic acids is 2. The van der Waals surface area contributed by atoms with Crippen LogP contribution in [0.15, 0.2) is 33.9 Å². The number of rotatable bonds is 8. The number of nitrogens with one attached hydrogen (secondary N) is 1. The van der Waals surface area contributed by atoms with Crippen LogP contribution in [-0.4, -0.2) is 41.0 Å². The van der Waals surface area contributed by atoms with E-state index in [1.165, 1.54) is 0 Å². The number of thioether (sulfide) groups is 1. The molecule has 1 amide bonds. The van der Waals surface area contributed by atoms with Gasteiger partial charge in [-0.15, -0.1) is 10.2 Å². The van der Waals surface area contributed by atoms with Crippen molar-refractivity contribution in [1.82, 2.24) is 15.5 Å². The Kier molecular flexibility index (Phi) is 7.07. The molecule has 1 heterocycles. The fraction of sp³-hybridized carbons (Fsp3) is 0.333. The lowest BCUT2D eigenvalue weighted by molar-refractivity contribution is -0.145. The highest BCUT2D eigenvalue weighted by Crippen LogP contribution is 2.28. The highest BCUT2D eigenvalue weighted by molar-refractivity contribution is 7.99. The van der Waals surface area contributed by atoms with E-state index in [9.17, 15) is 9.59 Å². The Morgan fingerprint density at radius 3 is 2.88 bits per heavy atom. The zero-order valence-corrected chi connectivity index (χ0v) is 14.5. The average molecular weight is 370 g/mol. The SMILES string of the molecule is CCCNC(=O)COC(=O)CSc1nnc(-c2ccccc2Cl)o1. The van der Waals surface area contributed by atoms with Crippen molar-refractivity contribution in [3.8, 4) is 11.5 Å². The monoisotopic (exact) mass is 369 g/mol. The summed E-state index contributed by atoms with van der Waals surface area (Å²) in [4.78, 5) is 22.9. The van der Waals surface area contributed by atoms with Crippen LogP contribution in [0.2, 0.25) is 5.02 Å². The normalized spacial score (nSPS) is 10.4. The molecule has 0 aliphatic carbocycles. The van der Waals surface area contributed by atoms with Gasteiger partial charge < -0.3 is 14.5 Å². The summed E-state index contributed by atoms with van der Waals surface area (Å²) in [7, 11) is 0.